The van der Waals surface area contributed by atoms with Crippen molar-refractivity contribution in [2.75, 3.05) is 30.5 Å². The van der Waals surface area contributed by atoms with Gasteiger partial charge >= 0.3 is 19.6 Å². The SMILES string of the molecule is CC(C)[C@H](CC(=O)CCCCC(=O)N1Cc2ccccc2C#Cc2ccccc21)C(=O)N[C@@H](C)C(=O)Cc1ccc(COC(=O)N(C)Cc2ccccc2C(=O)Nc2nc3c(ncn3[C@@H]3O[C@@H]4COP(O)(=S)O[C@H]5C[C@H](Oc6ccncn6)C[C@@H]5COP(=O)(S)O[C@@H]3[C@@H]4O)c(=O)[nH]2)cc1. The lowest BCUT2D eigenvalue weighted by molar-refractivity contribution is -0.133. The van der Waals surface area contributed by atoms with Crippen LogP contribution in [0.4, 0.5) is 16.4 Å². The summed E-state index contributed by atoms with van der Waals surface area (Å²) in [6.07, 6.45) is -2.01. The van der Waals surface area contributed by atoms with E-state index in [2.05, 4.69) is 59.6 Å². The number of hydrogen-bond donors (Lipinski definition) is 6. The number of aliphatic hydroxyl groups excluding tert-OH is 1. The van der Waals surface area contributed by atoms with Crippen LogP contribution in [-0.2, 0) is 89.2 Å². The Morgan fingerprint density at radius 1 is 0.879 bits per heavy atom. The number of benzene rings is 4. The van der Waals surface area contributed by atoms with Crippen LogP contribution >= 0.6 is 25.8 Å². The summed E-state index contributed by atoms with van der Waals surface area (Å²) >= 11 is 9.63. The van der Waals surface area contributed by atoms with E-state index in [0.717, 1.165) is 22.4 Å². The highest BCUT2D eigenvalue weighted by atomic mass is 32.7. The molecule has 3 aliphatic heterocycles. The normalized spacial score (nSPS) is 23.4. The van der Waals surface area contributed by atoms with E-state index in [1.807, 2.05) is 62.4 Å². The van der Waals surface area contributed by atoms with Crippen molar-refractivity contribution in [3.63, 3.8) is 0 Å². The van der Waals surface area contributed by atoms with E-state index in [0.29, 0.717) is 48.4 Å². The maximum absolute atomic E-state index is 14.1. The van der Waals surface area contributed by atoms with E-state index in [9.17, 15) is 48.1 Å². The molecule has 27 nitrogen and oxygen atoms in total. The Hall–Kier alpha value is -8.36. The second-order valence-corrected chi connectivity index (χ2v) is 30.6. The van der Waals surface area contributed by atoms with Crippen LogP contribution in [0, 0.1) is 29.6 Å². The number of ketones is 2. The number of Topliss-reactive ketones (excluding diaryl/α,β-unsaturated/α-hetero) is 2. The number of aliphatic hydroxyl groups is 1. The molecule has 7 aromatic rings. The average Bonchev–Trinajstić information content (AvgIpc) is 1.65. The topological polar surface area (TPSA) is 344 Å². The lowest BCUT2D eigenvalue weighted by atomic mass is 9.88. The molecular weight excluding hydrogens is 1350 g/mol. The molecule has 4 amide bonds. The summed E-state index contributed by atoms with van der Waals surface area (Å²) in [6.45, 7) is -3.76. The van der Waals surface area contributed by atoms with Gasteiger partial charge in [-0.05, 0) is 90.4 Å². The standard InChI is InChI=1S/C68H74N10O17P2S2/c1-40(2)52(31-49(79)17-9-12-20-58(81)77-34-46-15-6-5-13-44(46)25-26-45-14-8-11-19-53(45)77)64(84)72-41(3)54(80)29-42-21-23-43(24-22-42)35-89-68(86)76(4)33-47-16-7-10-18-51(47)63(83)74-67-73-62-59(65(85)75-67)71-39-78(62)66-61-60(82)56(93-66)37-91-96(87,98)94-55-32-50(92-57-27-28-69-38-70-57)30-48(55)36-90-97(88,99)95-61/h5-8,10-11,13-16,18-19,21-24,27-28,38-41,48,50,52,55-56,60-61,66,82H,9,12,17,20,29-37H2,1-4H3,(H,72,84)(H,87,98)(H,88,99)(H2,73,74,75,83,85)/t41-,48+,50+,52-,55-,56+,60+,61+,66+,96?,97?/m0/s1. The van der Waals surface area contributed by atoms with Crippen molar-refractivity contribution in [2.24, 2.45) is 17.8 Å². The lowest BCUT2D eigenvalue weighted by Crippen LogP contribution is -2.44. The minimum Gasteiger partial charge on any atom is -0.474 e. The summed E-state index contributed by atoms with van der Waals surface area (Å²) < 4.78 is 56.4. The summed E-state index contributed by atoms with van der Waals surface area (Å²) in [4.78, 5) is 129. The average molecular weight is 1430 g/mol. The highest BCUT2D eigenvalue weighted by Gasteiger charge is 2.51. The number of nitrogens with one attached hydrogen (secondary N) is 3. The van der Waals surface area contributed by atoms with Crippen LogP contribution < -0.4 is 25.8 Å². The van der Waals surface area contributed by atoms with Gasteiger partial charge < -0.3 is 52.9 Å². The molecule has 31 heteroatoms. The van der Waals surface area contributed by atoms with Crippen molar-refractivity contribution in [3.8, 4) is 17.7 Å². The van der Waals surface area contributed by atoms with Crippen LogP contribution in [0.3, 0.4) is 0 Å². The number of carbonyl (C=O) groups excluding carboxylic acids is 6. The molecule has 5 N–H and O–H groups in total. The number of H-pyrrole nitrogens is 1. The van der Waals surface area contributed by atoms with Gasteiger partial charge in [0, 0.05) is 86.5 Å². The molecule has 2 unspecified atom stereocenters. The minimum absolute atomic E-state index is 0.000801. The van der Waals surface area contributed by atoms with Gasteiger partial charge in [0.25, 0.3) is 11.5 Å². The van der Waals surface area contributed by atoms with Gasteiger partial charge in [-0.25, -0.2) is 24.3 Å². The molecule has 0 spiro atoms. The molecule has 2 bridgehead atoms. The molecule has 11 rings (SSSR count). The van der Waals surface area contributed by atoms with Crippen molar-refractivity contribution < 1.29 is 75.6 Å². The number of unbranched alkanes of at least 4 members (excludes halogenated alkanes) is 1. The summed E-state index contributed by atoms with van der Waals surface area (Å²) in [7, 11) is 1.48. The number of imidazole rings is 1. The molecule has 6 heterocycles. The zero-order valence-corrected chi connectivity index (χ0v) is 57.9. The number of carbonyl (C=O) groups is 6. The van der Waals surface area contributed by atoms with Crippen LogP contribution in [0.2, 0.25) is 0 Å². The molecular formula is C68H74N10O17P2S2. The van der Waals surface area contributed by atoms with Gasteiger partial charge in [0.15, 0.2) is 23.2 Å². The Morgan fingerprint density at radius 2 is 1.61 bits per heavy atom. The third kappa shape index (κ3) is 18.2. The first-order valence-electron chi connectivity index (χ1n) is 32.2. The maximum atomic E-state index is 14.1. The fourth-order valence-electron chi connectivity index (χ4n) is 12.1. The first-order chi connectivity index (χ1) is 47.4. The summed E-state index contributed by atoms with van der Waals surface area (Å²) in [5.74, 6) is 3.45. The van der Waals surface area contributed by atoms with E-state index in [1.54, 1.807) is 60.4 Å². The zero-order chi connectivity index (χ0) is 70.1. The Labute approximate surface area is 580 Å². The summed E-state index contributed by atoms with van der Waals surface area (Å²) in [5, 5.41) is 17.0. The molecule has 11 atom stereocenters. The number of rotatable bonds is 22. The first kappa shape index (κ1) is 71.9. The number of amides is 4. The third-order valence-corrected chi connectivity index (χ3v) is 20.7. The van der Waals surface area contributed by atoms with E-state index in [4.69, 9.17) is 44.1 Å². The van der Waals surface area contributed by atoms with Gasteiger partial charge in [-0.1, -0.05) is 111 Å². The van der Waals surface area contributed by atoms with Crippen molar-refractivity contribution in [1.82, 2.24) is 39.7 Å². The van der Waals surface area contributed by atoms with E-state index >= 15 is 0 Å². The maximum Gasteiger partial charge on any atom is 0.410 e. The molecule has 0 radical (unpaired) electrons. The van der Waals surface area contributed by atoms with Gasteiger partial charge in [0.05, 0.1) is 43.9 Å². The Bertz CT molecular complexity index is 4380. The van der Waals surface area contributed by atoms with Gasteiger partial charge in [0.1, 0.15) is 43.1 Å². The molecule has 520 valence electrons. The molecule has 3 aromatic heterocycles. The lowest BCUT2D eigenvalue weighted by Gasteiger charge is -2.27. The van der Waals surface area contributed by atoms with Gasteiger partial charge in [-0.2, -0.15) is 4.98 Å². The molecule has 1 aliphatic carbocycles. The molecule has 3 fully saturated rings. The van der Waals surface area contributed by atoms with Crippen molar-refractivity contribution in [2.45, 2.75) is 135 Å². The third-order valence-electron chi connectivity index (χ3n) is 17.5. The highest BCUT2D eigenvalue weighted by molar-refractivity contribution is 8.44. The Balaban J connectivity index is 0.642. The van der Waals surface area contributed by atoms with Crippen molar-refractivity contribution >= 4 is 95.8 Å². The number of aromatic amines is 1. The quantitative estimate of drug-likeness (QED) is 0.0160. The number of aromatic nitrogens is 6. The Morgan fingerprint density at radius 3 is 2.38 bits per heavy atom. The van der Waals surface area contributed by atoms with Crippen molar-refractivity contribution in [1.29, 1.82) is 0 Å². The first-order valence-corrected chi connectivity index (χ1v) is 37.5. The number of para-hydroxylation sites is 1. The van der Waals surface area contributed by atoms with Crippen LogP contribution in [0.5, 0.6) is 5.88 Å². The number of nitrogens with zero attached hydrogens (tertiary/aromatic N) is 7. The molecule has 4 aliphatic rings. The van der Waals surface area contributed by atoms with Crippen LogP contribution in [0.1, 0.15) is 116 Å². The van der Waals surface area contributed by atoms with Crippen LogP contribution in [-0.4, -0.2) is 137 Å². The Kier molecular flexibility index (Phi) is 23.2. The van der Waals surface area contributed by atoms with Crippen LogP contribution in [0.15, 0.2) is 127 Å². The number of anilines is 2. The minimum atomic E-state index is -4.37. The van der Waals surface area contributed by atoms with Gasteiger partial charge in [-0.15, -0.1) is 0 Å². The van der Waals surface area contributed by atoms with Gasteiger partial charge in [-0.3, -0.25) is 48.2 Å². The summed E-state index contributed by atoms with van der Waals surface area (Å²) in [6, 6.07) is 29.3. The molecule has 99 heavy (non-hydrogen) atoms. The smallest absolute Gasteiger partial charge is 0.410 e. The van der Waals surface area contributed by atoms with Crippen molar-refractivity contribution in [3.05, 3.63) is 171 Å². The second-order valence-electron chi connectivity index (χ2n) is 25.0. The van der Waals surface area contributed by atoms with Gasteiger partial charge in [0.2, 0.25) is 23.6 Å². The molecule has 1 saturated carbocycles. The number of ether oxygens (including phenoxy) is 3. The second kappa shape index (κ2) is 31.9. The highest BCUT2D eigenvalue weighted by Crippen LogP contribution is 2.59. The monoisotopic (exact) mass is 1430 g/mol. The largest absolute Gasteiger partial charge is 0.474 e. The fourth-order valence-corrected chi connectivity index (χ4v) is 15.1. The fraction of sp³-hybridized carbons (Fsp3) is 0.397. The molecule has 4 aromatic carbocycles. The number of fused-ring (bicyclic) bond motifs is 6. The van der Waals surface area contributed by atoms with E-state index in [1.165, 1.54) is 41.4 Å². The van der Waals surface area contributed by atoms with E-state index < -0.39 is 98.2 Å². The predicted molar refractivity (Wildman–Crippen MR) is 367 cm³/mol. The van der Waals surface area contributed by atoms with E-state index in [-0.39, 0.29) is 97.9 Å². The predicted octanol–water partition coefficient (Wildman–Crippen LogP) is 8.47. The molecule has 2 saturated heterocycles. The number of hydrogen-bond acceptors (Lipinski definition) is 21. The van der Waals surface area contributed by atoms with Crippen LogP contribution in [0.25, 0.3) is 11.2 Å². The summed E-state index contributed by atoms with van der Waals surface area (Å²) in [5.41, 5.74) is 3.92. The zero-order valence-electron chi connectivity index (χ0n) is 54.4. The number of thiol groups is 1.